The van der Waals surface area contributed by atoms with Gasteiger partial charge in [0.1, 0.15) is 0 Å². The van der Waals surface area contributed by atoms with E-state index in [1.54, 1.807) is 0 Å². The number of halogens is 2. The Kier molecular flexibility index (Phi) is 11.8. The smallest absolute Gasteiger partial charge is 0.872 e. The van der Waals surface area contributed by atoms with Crippen LogP contribution in [-0.2, 0) is 11.3 Å². The summed E-state index contributed by atoms with van der Waals surface area (Å²) < 4.78 is 1.88. The van der Waals surface area contributed by atoms with Gasteiger partial charge in [0.15, 0.2) is 0 Å². The zero-order valence-electron chi connectivity index (χ0n) is 14.9. The van der Waals surface area contributed by atoms with Crippen LogP contribution in [0.4, 0.5) is 0 Å². The number of carbonyl (C=O) groups excluding carboxylic acids is 1. The first kappa shape index (κ1) is 23.9. The molecule has 1 aromatic carbocycles. The summed E-state index contributed by atoms with van der Waals surface area (Å²) in [5.74, 6) is 0.251. The molecule has 2 N–H and O–H groups in total. The van der Waals surface area contributed by atoms with Gasteiger partial charge in [-0.15, -0.1) is 0 Å². The second-order valence-corrected chi connectivity index (χ2v) is 8.56. The Balaban J connectivity index is 0.00000312. The Morgan fingerprint density at radius 1 is 1.32 bits per heavy atom. The molecule has 2 rings (SSSR count). The predicted octanol–water partition coefficient (Wildman–Crippen LogP) is -0.946. The van der Waals surface area contributed by atoms with Gasteiger partial charge in [0.05, 0.1) is 6.54 Å². The summed E-state index contributed by atoms with van der Waals surface area (Å²) in [5.41, 5.74) is 0.840. The van der Waals surface area contributed by atoms with Crippen LogP contribution in [-0.4, -0.2) is 43.0 Å². The summed E-state index contributed by atoms with van der Waals surface area (Å²) >= 11 is 4.35. The van der Waals surface area contributed by atoms with Gasteiger partial charge in [-0.25, -0.2) is 0 Å². The fraction of sp³-hybridized carbons (Fsp3) is 0.588. The Morgan fingerprint density at radius 3 is 2.64 bits per heavy atom. The standard InChI is InChI=1S/C17H25I2N3O2.Na/c1-2-5-20-16(23)11-22-6-3-14(4-7-22)21-10-12-8-13(18)9-15(19)17(12)24;/h8-9,14,21,24H,2-7,10-11H2,1H3,(H,20,23);/q;+1/p-1. The van der Waals surface area contributed by atoms with Gasteiger partial charge in [0.25, 0.3) is 0 Å². The number of hydrogen-bond donors (Lipinski definition) is 2. The largest absolute Gasteiger partial charge is 1.00 e. The molecule has 0 aliphatic carbocycles. The predicted molar refractivity (Wildman–Crippen MR) is 111 cm³/mol. The van der Waals surface area contributed by atoms with Gasteiger partial charge in [-0.1, -0.05) is 12.7 Å². The number of nitrogens with zero attached hydrogens (tertiary/aromatic N) is 1. The third kappa shape index (κ3) is 8.18. The molecule has 8 heteroatoms. The number of carbonyl (C=O) groups is 1. The minimum absolute atomic E-state index is 0. The number of piperidine rings is 1. The summed E-state index contributed by atoms with van der Waals surface area (Å²) in [7, 11) is 0. The average Bonchev–Trinajstić information content (AvgIpc) is 2.56. The molecule has 0 saturated carbocycles. The van der Waals surface area contributed by atoms with Gasteiger partial charge in [0, 0.05) is 39.4 Å². The van der Waals surface area contributed by atoms with Crippen molar-refractivity contribution in [2.75, 3.05) is 26.2 Å². The monoisotopic (exact) mass is 579 g/mol. The molecule has 1 aromatic rings. The molecule has 5 nitrogen and oxygen atoms in total. The molecule has 134 valence electrons. The van der Waals surface area contributed by atoms with E-state index in [1.165, 1.54) is 0 Å². The first-order valence-corrected chi connectivity index (χ1v) is 10.5. The Bertz CT molecular complexity index is 567. The molecule has 0 radical (unpaired) electrons. The minimum Gasteiger partial charge on any atom is -0.872 e. The molecular formula is C17H24I2N3NaO2. The van der Waals surface area contributed by atoms with E-state index in [0.29, 0.717) is 19.1 Å². The van der Waals surface area contributed by atoms with Gasteiger partial charge < -0.3 is 15.7 Å². The van der Waals surface area contributed by atoms with E-state index in [4.69, 9.17) is 0 Å². The first-order chi connectivity index (χ1) is 11.5. The van der Waals surface area contributed by atoms with Crippen LogP contribution >= 0.6 is 45.2 Å². The van der Waals surface area contributed by atoms with Crippen molar-refractivity contribution in [1.29, 1.82) is 0 Å². The van der Waals surface area contributed by atoms with Crippen LogP contribution in [0.3, 0.4) is 0 Å². The van der Waals surface area contributed by atoms with Gasteiger partial charge in [-0.3, -0.25) is 9.69 Å². The van der Waals surface area contributed by atoms with Crippen molar-refractivity contribution >= 4 is 51.1 Å². The SMILES string of the molecule is CCCNC(=O)CN1CCC(NCc2cc(I)cc(I)c2[O-])CC1.[Na+]. The maximum Gasteiger partial charge on any atom is 1.00 e. The van der Waals surface area contributed by atoms with Crippen molar-refractivity contribution in [3.8, 4) is 5.75 Å². The molecule has 1 saturated heterocycles. The van der Waals surface area contributed by atoms with Gasteiger partial charge in [0.2, 0.25) is 5.91 Å². The number of rotatable bonds is 7. The molecule has 0 bridgehead atoms. The van der Waals surface area contributed by atoms with Gasteiger partial charge in [-0.05, 0) is 82.1 Å². The number of hydrogen-bond acceptors (Lipinski definition) is 4. The van der Waals surface area contributed by atoms with Crippen molar-refractivity contribution in [2.45, 2.75) is 38.8 Å². The van der Waals surface area contributed by atoms with Crippen molar-refractivity contribution in [3.05, 3.63) is 24.8 Å². The van der Waals surface area contributed by atoms with E-state index < -0.39 is 0 Å². The minimum atomic E-state index is 0. The van der Waals surface area contributed by atoms with Crippen molar-refractivity contribution in [2.24, 2.45) is 0 Å². The molecule has 0 aromatic heterocycles. The Hall–Kier alpha value is 0.870. The maximum atomic E-state index is 12.1. The molecule has 25 heavy (non-hydrogen) atoms. The zero-order chi connectivity index (χ0) is 17.5. The molecule has 0 spiro atoms. The van der Waals surface area contributed by atoms with E-state index >= 15 is 0 Å². The van der Waals surface area contributed by atoms with Crippen LogP contribution in [0, 0.1) is 7.14 Å². The zero-order valence-corrected chi connectivity index (χ0v) is 21.2. The van der Waals surface area contributed by atoms with Crippen LogP contribution in [0.2, 0.25) is 0 Å². The molecule has 1 aliphatic rings. The average molecular weight is 579 g/mol. The van der Waals surface area contributed by atoms with Gasteiger partial charge >= 0.3 is 29.6 Å². The molecule has 1 aliphatic heterocycles. The van der Waals surface area contributed by atoms with E-state index in [2.05, 4.69) is 67.6 Å². The van der Waals surface area contributed by atoms with Crippen molar-refractivity contribution < 1.29 is 39.5 Å². The van der Waals surface area contributed by atoms with Crippen LogP contribution in [0.15, 0.2) is 12.1 Å². The molecular weight excluding hydrogens is 555 g/mol. The first-order valence-electron chi connectivity index (χ1n) is 8.37. The van der Waals surface area contributed by atoms with Crippen LogP contribution in [0.1, 0.15) is 31.7 Å². The molecule has 0 unspecified atom stereocenters. The van der Waals surface area contributed by atoms with Crippen LogP contribution < -0.4 is 45.3 Å². The molecule has 0 atom stereocenters. The Labute approximate surface area is 199 Å². The molecule has 1 fully saturated rings. The van der Waals surface area contributed by atoms with Crippen molar-refractivity contribution in [3.63, 3.8) is 0 Å². The van der Waals surface area contributed by atoms with Crippen LogP contribution in [0.5, 0.6) is 5.75 Å². The summed E-state index contributed by atoms with van der Waals surface area (Å²) in [5, 5.41) is 18.6. The summed E-state index contributed by atoms with van der Waals surface area (Å²) in [6, 6.07) is 4.29. The number of benzene rings is 1. The quantitative estimate of drug-likeness (QED) is 0.324. The number of likely N-dealkylation sites (tertiary alicyclic amines) is 1. The van der Waals surface area contributed by atoms with Crippen molar-refractivity contribution in [1.82, 2.24) is 15.5 Å². The Morgan fingerprint density at radius 2 is 2.00 bits per heavy atom. The fourth-order valence-corrected chi connectivity index (χ4v) is 4.78. The second kappa shape index (κ2) is 12.4. The summed E-state index contributed by atoms with van der Waals surface area (Å²) in [6.45, 7) is 5.76. The second-order valence-electron chi connectivity index (χ2n) is 6.16. The van der Waals surface area contributed by atoms with Crippen LogP contribution in [0.25, 0.3) is 0 Å². The third-order valence-corrected chi connectivity index (χ3v) is 5.62. The van der Waals surface area contributed by atoms with E-state index in [-0.39, 0.29) is 41.2 Å². The normalized spacial score (nSPS) is 15.6. The van der Waals surface area contributed by atoms with Gasteiger partial charge in [-0.2, -0.15) is 0 Å². The third-order valence-electron chi connectivity index (χ3n) is 4.19. The summed E-state index contributed by atoms with van der Waals surface area (Å²) in [6.07, 6.45) is 2.99. The molecule has 1 amide bonds. The number of nitrogens with one attached hydrogen (secondary N) is 2. The van der Waals surface area contributed by atoms with E-state index in [9.17, 15) is 9.90 Å². The number of amides is 1. The topological polar surface area (TPSA) is 67.4 Å². The van der Waals surface area contributed by atoms with E-state index in [1.807, 2.05) is 12.1 Å². The fourth-order valence-electron chi connectivity index (χ4n) is 2.82. The summed E-state index contributed by atoms with van der Waals surface area (Å²) in [4.78, 5) is 14.0. The maximum absolute atomic E-state index is 12.1. The molecule has 1 heterocycles. The van der Waals surface area contributed by atoms with E-state index in [0.717, 1.165) is 51.6 Å².